The molecule has 0 unspecified atom stereocenters. The van der Waals surface area contributed by atoms with E-state index in [9.17, 15) is 0 Å². The van der Waals surface area contributed by atoms with Crippen LogP contribution in [-0.2, 0) is 11.2 Å². The van der Waals surface area contributed by atoms with E-state index >= 15 is 0 Å². The number of hydrogen-bond donors (Lipinski definition) is 0. The molecule has 0 saturated carbocycles. The van der Waals surface area contributed by atoms with Crippen molar-refractivity contribution in [1.29, 1.82) is 0 Å². The van der Waals surface area contributed by atoms with E-state index in [1.54, 1.807) is 11.8 Å². The summed E-state index contributed by atoms with van der Waals surface area (Å²) in [6, 6.07) is 7.75. The Labute approximate surface area is 153 Å². The van der Waals surface area contributed by atoms with Crippen LogP contribution in [0.15, 0.2) is 29.2 Å². The van der Waals surface area contributed by atoms with Gasteiger partial charge in [0.2, 0.25) is 0 Å². The summed E-state index contributed by atoms with van der Waals surface area (Å²) in [4.78, 5) is 10.2. The molecule has 0 atom stereocenters. The topological polar surface area (TPSA) is 25.8 Å². The average molecular weight is 453 g/mol. The van der Waals surface area contributed by atoms with Crippen molar-refractivity contribution >= 4 is 57.6 Å². The quantitative estimate of drug-likeness (QED) is 0.325. The highest BCUT2D eigenvalue weighted by Crippen LogP contribution is 2.30. The Bertz CT molecular complexity index is 639. The van der Waals surface area contributed by atoms with Gasteiger partial charge < -0.3 is 0 Å². The lowest BCUT2D eigenvalue weighted by Gasteiger charge is -2.20. The average Bonchev–Trinajstić information content (AvgIpc) is 2.40. The van der Waals surface area contributed by atoms with Crippen LogP contribution >= 0.6 is 57.6 Å². The molecule has 1 aromatic carbocycles. The van der Waals surface area contributed by atoms with Crippen LogP contribution in [0.1, 0.15) is 32.3 Å². The number of benzene rings is 1. The molecule has 0 fully saturated rings. The van der Waals surface area contributed by atoms with E-state index in [1.807, 2.05) is 24.3 Å². The van der Waals surface area contributed by atoms with E-state index in [1.165, 1.54) is 0 Å². The zero-order chi connectivity index (χ0) is 15.6. The van der Waals surface area contributed by atoms with Gasteiger partial charge in [-0.25, -0.2) is 9.97 Å². The zero-order valence-electron chi connectivity index (χ0n) is 12.0. The van der Waals surface area contributed by atoms with Crippen molar-refractivity contribution in [2.75, 3.05) is 0 Å². The number of thioether (sulfide) groups is 1. The first-order valence-corrected chi connectivity index (χ1v) is 9.20. The fourth-order valence-electron chi connectivity index (χ4n) is 1.70. The first-order valence-electron chi connectivity index (χ1n) is 6.38. The number of hydrogen-bond acceptors (Lipinski definition) is 3. The molecule has 21 heavy (non-hydrogen) atoms. The molecule has 0 N–H and O–H groups in total. The third-order valence-electron chi connectivity index (χ3n) is 2.75. The van der Waals surface area contributed by atoms with Crippen LogP contribution in [0.5, 0.6) is 0 Å². The van der Waals surface area contributed by atoms with Gasteiger partial charge in [-0.3, -0.25) is 0 Å². The Kier molecular flexibility index (Phi) is 5.79. The molecule has 0 aliphatic carbocycles. The lowest BCUT2D eigenvalue weighted by molar-refractivity contribution is 0.559. The minimum absolute atomic E-state index is 0.0528. The molecule has 0 radical (unpaired) electrons. The van der Waals surface area contributed by atoms with Crippen molar-refractivity contribution in [2.45, 2.75) is 36.8 Å². The standard InChI is InChI=1S/C15H15Cl2IN2S/c1-15(2,3)13-12(18)14(17)20-11(19-13)8-21-10-6-4-9(16)5-7-10/h4-7H,8H2,1-3H3. The summed E-state index contributed by atoms with van der Waals surface area (Å²) in [5, 5.41) is 1.27. The Morgan fingerprint density at radius 1 is 1.10 bits per heavy atom. The molecule has 0 saturated heterocycles. The molecule has 0 bridgehead atoms. The molecular formula is C15H15Cl2IN2S. The maximum Gasteiger partial charge on any atom is 0.146 e. The van der Waals surface area contributed by atoms with Gasteiger partial charge in [-0.05, 0) is 46.9 Å². The summed E-state index contributed by atoms with van der Waals surface area (Å²) in [5.41, 5.74) is 0.942. The van der Waals surface area contributed by atoms with Crippen molar-refractivity contribution in [2.24, 2.45) is 0 Å². The Hall–Kier alpha value is -0.0400. The van der Waals surface area contributed by atoms with Crippen LogP contribution in [0, 0.1) is 3.57 Å². The molecule has 0 aliphatic rings. The van der Waals surface area contributed by atoms with Crippen LogP contribution in [0.3, 0.4) is 0 Å². The van der Waals surface area contributed by atoms with Crippen LogP contribution in [-0.4, -0.2) is 9.97 Å². The van der Waals surface area contributed by atoms with Gasteiger partial charge in [0.05, 0.1) is 15.0 Å². The SMILES string of the molecule is CC(C)(C)c1nc(CSc2ccc(Cl)cc2)nc(Cl)c1I. The van der Waals surface area contributed by atoms with E-state index in [4.69, 9.17) is 23.2 Å². The summed E-state index contributed by atoms with van der Waals surface area (Å²) >= 11 is 16.0. The monoisotopic (exact) mass is 452 g/mol. The van der Waals surface area contributed by atoms with Gasteiger partial charge in [-0.2, -0.15) is 0 Å². The van der Waals surface area contributed by atoms with Crippen molar-refractivity contribution in [3.8, 4) is 0 Å². The molecule has 2 rings (SSSR count). The number of rotatable bonds is 3. The molecule has 0 spiro atoms. The Morgan fingerprint density at radius 2 is 1.71 bits per heavy atom. The van der Waals surface area contributed by atoms with Gasteiger partial charge in [-0.15, -0.1) is 11.8 Å². The molecule has 1 heterocycles. The van der Waals surface area contributed by atoms with Crippen molar-refractivity contribution in [3.05, 3.63) is 49.5 Å². The second-order valence-corrected chi connectivity index (χ2v) is 8.51. The molecule has 6 heteroatoms. The fourth-order valence-corrected chi connectivity index (χ4v) is 3.82. The smallest absolute Gasteiger partial charge is 0.146 e. The maximum atomic E-state index is 6.24. The lowest BCUT2D eigenvalue weighted by Crippen LogP contribution is -2.18. The number of halogens is 3. The van der Waals surface area contributed by atoms with Gasteiger partial charge in [0.15, 0.2) is 0 Å². The van der Waals surface area contributed by atoms with Crippen LogP contribution in [0.4, 0.5) is 0 Å². The van der Waals surface area contributed by atoms with Gasteiger partial charge in [-0.1, -0.05) is 44.0 Å². The van der Waals surface area contributed by atoms with Gasteiger partial charge in [0, 0.05) is 15.3 Å². The highest BCUT2D eigenvalue weighted by molar-refractivity contribution is 14.1. The minimum atomic E-state index is -0.0528. The van der Waals surface area contributed by atoms with Crippen molar-refractivity contribution in [1.82, 2.24) is 9.97 Å². The van der Waals surface area contributed by atoms with Crippen LogP contribution < -0.4 is 0 Å². The molecule has 2 nitrogen and oxygen atoms in total. The van der Waals surface area contributed by atoms with Gasteiger partial charge in [0.25, 0.3) is 0 Å². The molecular weight excluding hydrogens is 438 g/mol. The molecule has 112 valence electrons. The fraction of sp³-hybridized carbons (Fsp3) is 0.333. The van der Waals surface area contributed by atoms with E-state index in [-0.39, 0.29) is 5.41 Å². The number of nitrogens with zero attached hydrogens (tertiary/aromatic N) is 2. The van der Waals surface area contributed by atoms with Crippen molar-refractivity contribution in [3.63, 3.8) is 0 Å². The van der Waals surface area contributed by atoms with Gasteiger partial charge in [0.1, 0.15) is 11.0 Å². The van der Waals surface area contributed by atoms with E-state index in [2.05, 4.69) is 53.3 Å². The predicted octanol–water partition coefficient (Wildman–Crippen LogP) is 5.98. The Morgan fingerprint density at radius 3 is 2.29 bits per heavy atom. The van der Waals surface area contributed by atoms with E-state index in [0.29, 0.717) is 10.9 Å². The second-order valence-electron chi connectivity index (χ2n) is 5.59. The highest BCUT2D eigenvalue weighted by atomic mass is 127. The normalized spacial score (nSPS) is 11.7. The summed E-state index contributed by atoms with van der Waals surface area (Å²) < 4.78 is 0.932. The molecule has 0 aliphatic heterocycles. The maximum absolute atomic E-state index is 6.24. The lowest BCUT2D eigenvalue weighted by atomic mass is 9.92. The minimum Gasteiger partial charge on any atom is -0.235 e. The summed E-state index contributed by atoms with van der Waals surface area (Å²) in [7, 11) is 0. The van der Waals surface area contributed by atoms with Crippen molar-refractivity contribution < 1.29 is 0 Å². The zero-order valence-corrected chi connectivity index (χ0v) is 16.4. The van der Waals surface area contributed by atoms with Crippen LogP contribution in [0.2, 0.25) is 10.2 Å². The van der Waals surface area contributed by atoms with E-state index in [0.717, 1.165) is 25.0 Å². The number of aromatic nitrogens is 2. The second kappa shape index (κ2) is 7.02. The first-order chi connectivity index (χ1) is 9.77. The molecule has 0 amide bonds. The largest absolute Gasteiger partial charge is 0.235 e. The molecule has 2 aromatic rings. The summed E-state index contributed by atoms with van der Waals surface area (Å²) in [5.74, 6) is 1.44. The first kappa shape index (κ1) is 17.3. The summed E-state index contributed by atoms with van der Waals surface area (Å²) in [6.07, 6.45) is 0. The third-order valence-corrected chi connectivity index (χ3v) is 5.62. The van der Waals surface area contributed by atoms with Gasteiger partial charge >= 0.3 is 0 Å². The van der Waals surface area contributed by atoms with Crippen LogP contribution in [0.25, 0.3) is 0 Å². The van der Waals surface area contributed by atoms with E-state index < -0.39 is 0 Å². The summed E-state index contributed by atoms with van der Waals surface area (Å²) in [6.45, 7) is 6.39. The molecule has 1 aromatic heterocycles. The third kappa shape index (κ3) is 4.71. The predicted molar refractivity (Wildman–Crippen MR) is 99.5 cm³/mol. The highest BCUT2D eigenvalue weighted by Gasteiger charge is 2.22. The Balaban J connectivity index is 2.21.